The molecule has 1 unspecified atom stereocenters. The molecule has 20 heavy (non-hydrogen) atoms. The first kappa shape index (κ1) is 15.9. The second-order valence-electron chi connectivity index (χ2n) is 5.49. The van der Waals surface area contributed by atoms with Crippen LogP contribution < -0.4 is 5.32 Å². The number of hydrogen-bond donors (Lipinski definition) is 1. The average molecular weight is 313 g/mol. The summed E-state index contributed by atoms with van der Waals surface area (Å²) in [6.45, 7) is 0. The van der Waals surface area contributed by atoms with Gasteiger partial charge in [0.1, 0.15) is 0 Å². The fraction of sp³-hybridized carbons (Fsp3) is 0.600. The van der Waals surface area contributed by atoms with Crippen LogP contribution in [0.3, 0.4) is 0 Å². The van der Waals surface area contributed by atoms with E-state index in [1.165, 1.54) is 31.9 Å². The monoisotopic (exact) mass is 313 g/mol. The highest BCUT2D eigenvalue weighted by Gasteiger charge is 2.23. The Kier molecular flexibility index (Phi) is 5.52. The summed E-state index contributed by atoms with van der Waals surface area (Å²) < 4.78 is 22.8. The van der Waals surface area contributed by atoms with Gasteiger partial charge in [-0.25, -0.2) is 8.42 Å². The third-order valence-electron chi connectivity index (χ3n) is 4.02. The van der Waals surface area contributed by atoms with E-state index in [-0.39, 0.29) is 0 Å². The Labute approximate surface area is 126 Å². The van der Waals surface area contributed by atoms with Crippen LogP contribution in [0.5, 0.6) is 0 Å². The van der Waals surface area contributed by atoms with Crippen LogP contribution in [0.25, 0.3) is 0 Å². The SMILES string of the molecule is CNC(CSc1ccc(S(C)(=O)=O)cc1)C1CCCC1. The molecule has 1 atom stereocenters. The van der Waals surface area contributed by atoms with E-state index in [4.69, 9.17) is 0 Å². The molecule has 1 aromatic rings. The number of benzene rings is 1. The lowest BCUT2D eigenvalue weighted by atomic mass is 10.0. The van der Waals surface area contributed by atoms with Crippen LogP contribution in [0.1, 0.15) is 25.7 Å². The molecule has 1 aliphatic carbocycles. The first-order valence-electron chi connectivity index (χ1n) is 7.11. The van der Waals surface area contributed by atoms with E-state index in [9.17, 15) is 8.42 Å². The van der Waals surface area contributed by atoms with Crippen LogP contribution in [0.2, 0.25) is 0 Å². The Morgan fingerprint density at radius 1 is 1.25 bits per heavy atom. The van der Waals surface area contributed by atoms with Crippen molar-refractivity contribution in [2.24, 2.45) is 5.92 Å². The van der Waals surface area contributed by atoms with Crippen LogP contribution in [0, 0.1) is 5.92 Å². The molecule has 0 aromatic heterocycles. The molecule has 0 heterocycles. The molecule has 1 N–H and O–H groups in total. The third kappa shape index (κ3) is 4.24. The van der Waals surface area contributed by atoms with E-state index in [1.807, 2.05) is 19.2 Å². The molecule has 5 heteroatoms. The lowest BCUT2D eigenvalue weighted by Crippen LogP contribution is -2.34. The topological polar surface area (TPSA) is 46.2 Å². The standard InChI is InChI=1S/C15H23NO2S2/c1-16-15(12-5-3-4-6-12)11-19-13-7-9-14(10-8-13)20(2,17)18/h7-10,12,15-16H,3-6,11H2,1-2H3. The van der Waals surface area contributed by atoms with Gasteiger partial charge in [0.25, 0.3) is 0 Å². The highest BCUT2D eigenvalue weighted by Crippen LogP contribution is 2.30. The normalized spacial score (nSPS) is 18.3. The number of sulfone groups is 1. The van der Waals surface area contributed by atoms with Gasteiger partial charge in [-0.05, 0) is 50.1 Å². The van der Waals surface area contributed by atoms with E-state index in [0.717, 1.165) is 16.6 Å². The molecule has 0 aliphatic heterocycles. The number of rotatable bonds is 6. The van der Waals surface area contributed by atoms with Gasteiger partial charge in [-0.3, -0.25) is 0 Å². The van der Waals surface area contributed by atoms with Crippen LogP contribution in [-0.4, -0.2) is 33.5 Å². The van der Waals surface area contributed by atoms with Gasteiger partial charge in [0.2, 0.25) is 0 Å². The van der Waals surface area contributed by atoms with E-state index in [1.54, 1.807) is 23.9 Å². The number of nitrogens with one attached hydrogen (secondary N) is 1. The molecule has 2 rings (SSSR count). The molecule has 0 radical (unpaired) electrons. The molecular formula is C15H23NO2S2. The zero-order chi connectivity index (χ0) is 14.6. The summed E-state index contributed by atoms with van der Waals surface area (Å²) in [7, 11) is -1.05. The average Bonchev–Trinajstić information content (AvgIpc) is 2.93. The van der Waals surface area contributed by atoms with E-state index < -0.39 is 9.84 Å². The summed E-state index contributed by atoms with van der Waals surface area (Å²) in [6, 6.07) is 7.76. The van der Waals surface area contributed by atoms with Crippen molar-refractivity contribution in [1.82, 2.24) is 5.32 Å². The van der Waals surface area contributed by atoms with Gasteiger partial charge in [0, 0.05) is 22.9 Å². The minimum absolute atomic E-state index is 0.391. The van der Waals surface area contributed by atoms with Gasteiger partial charge in [0.15, 0.2) is 9.84 Å². The molecular weight excluding hydrogens is 290 g/mol. The van der Waals surface area contributed by atoms with Crippen molar-refractivity contribution in [2.45, 2.75) is 41.5 Å². The summed E-state index contributed by atoms with van der Waals surface area (Å²) in [4.78, 5) is 1.53. The van der Waals surface area contributed by atoms with Crippen LogP contribution >= 0.6 is 11.8 Å². The summed E-state index contributed by atoms with van der Waals surface area (Å²) in [6.07, 6.45) is 6.62. The molecule has 0 saturated heterocycles. The van der Waals surface area contributed by atoms with Gasteiger partial charge in [-0.1, -0.05) is 12.8 Å². The van der Waals surface area contributed by atoms with Gasteiger partial charge < -0.3 is 5.32 Å². The zero-order valence-corrected chi connectivity index (χ0v) is 13.8. The highest BCUT2D eigenvalue weighted by atomic mass is 32.2. The van der Waals surface area contributed by atoms with Gasteiger partial charge in [-0.2, -0.15) is 0 Å². The number of thioether (sulfide) groups is 1. The second kappa shape index (κ2) is 6.96. The molecule has 1 saturated carbocycles. The fourth-order valence-electron chi connectivity index (χ4n) is 2.78. The van der Waals surface area contributed by atoms with Crippen LogP contribution in [-0.2, 0) is 9.84 Å². The minimum Gasteiger partial charge on any atom is -0.316 e. The van der Waals surface area contributed by atoms with E-state index in [2.05, 4.69) is 5.32 Å². The maximum atomic E-state index is 11.4. The minimum atomic E-state index is -3.09. The maximum absolute atomic E-state index is 11.4. The van der Waals surface area contributed by atoms with Crippen molar-refractivity contribution in [2.75, 3.05) is 19.1 Å². The third-order valence-corrected chi connectivity index (χ3v) is 6.28. The van der Waals surface area contributed by atoms with Gasteiger partial charge >= 0.3 is 0 Å². The quantitative estimate of drug-likeness (QED) is 0.820. The Balaban J connectivity index is 1.93. The van der Waals surface area contributed by atoms with E-state index in [0.29, 0.717) is 10.9 Å². The van der Waals surface area contributed by atoms with Crippen molar-refractivity contribution < 1.29 is 8.42 Å². The zero-order valence-electron chi connectivity index (χ0n) is 12.1. The molecule has 1 aromatic carbocycles. The van der Waals surface area contributed by atoms with Crippen LogP contribution in [0.4, 0.5) is 0 Å². The molecule has 3 nitrogen and oxygen atoms in total. The summed E-state index contributed by atoms with van der Waals surface area (Å²) in [5.41, 5.74) is 0. The van der Waals surface area contributed by atoms with Crippen molar-refractivity contribution in [1.29, 1.82) is 0 Å². The van der Waals surface area contributed by atoms with Crippen molar-refractivity contribution in [3.63, 3.8) is 0 Å². The maximum Gasteiger partial charge on any atom is 0.175 e. The first-order chi connectivity index (χ1) is 9.50. The lowest BCUT2D eigenvalue weighted by Gasteiger charge is -2.22. The summed E-state index contributed by atoms with van der Waals surface area (Å²) in [5.74, 6) is 1.84. The van der Waals surface area contributed by atoms with Gasteiger partial charge in [-0.15, -0.1) is 11.8 Å². The molecule has 1 fully saturated rings. The Hall–Kier alpha value is -0.520. The van der Waals surface area contributed by atoms with Gasteiger partial charge in [0.05, 0.1) is 4.90 Å². The number of hydrogen-bond acceptors (Lipinski definition) is 4. The van der Waals surface area contributed by atoms with Crippen molar-refractivity contribution in [3.8, 4) is 0 Å². The molecule has 0 spiro atoms. The molecule has 0 bridgehead atoms. The van der Waals surface area contributed by atoms with Crippen molar-refractivity contribution in [3.05, 3.63) is 24.3 Å². The second-order valence-corrected chi connectivity index (χ2v) is 8.60. The highest BCUT2D eigenvalue weighted by molar-refractivity contribution is 7.99. The molecule has 112 valence electrons. The van der Waals surface area contributed by atoms with Crippen molar-refractivity contribution >= 4 is 21.6 Å². The Morgan fingerprint density at radius 2 is 1.85 bits per heavy atom. The molecule has 0 amide bonds. The molecule has 1 aliphatic rings. The summed E-state index contributed by atoms with van der Waals surface area (Å²) >= 11 is 1.80. The fourth-order valence-corrected chi connectivity index (χ4v) is 4.55. The smallest absolute Gasteiger partial charge is 0.175 e. The lowest BCUT2D eigenvalue weighted by molar-refractivity contribution is 0.410. The van der Waals surface area contributed by atoms with Crippen LogP contribution in [0.15, 0.2) is 34.1 Å². The Bertz CT molecular complexity index is 519. The Morgan fingerprint density at radius 3 is 2.35 bits per heavy atom. The predicted molar refractivity (Wildman–Crippen MR) is 85.1 cm³/mol. The predicted octanol–water partition coefficient (Wildman–Crippen LogP) is 2.96. The first-order valence-corrected chi connectivity index (χ1v) is 9.98. The summed E-state index contributed by atoms with van der Waals surface area (Å²) in [5, 5.41) is 3.43. The van der Waals surface area contributed by atoms with E-state index >= 15 is 0 Å². The largest absolute Gasteiger partial charge is 0.316 e.